The third-order valence-corrected chi connectivity index (χ3v) is 7.28. The SMILES string of the molecule is CC(C)CCn1c(-c2ccc(P(=O)(OCC(=O)C(C)C)OCC(=O)C(C)C)o2)nc2cnc(N)nc21. The maximum absolute atomic E-state index is 13.7. The first kappa shape index (κ1) is 27.7. The van der Waals surface area contributed by atoms with Gasteiger partial charge in [0, 0.05) is 18.4 Å². The van der Waals surface area contributed by atoms with Crippen LogP contribution in [-0.2, 0) is 29.7 Å². The summed E-state index contributed by atoms with van der Waals surface area (Å²) in [7, 11) is -4.14. The molecule has 0 aromatic carbocycles. The lowest BCUT2D eigenvalue weighted by atomic mass is 10.1. The number of hydrogen-bond acceptors (Lipinski definition) is 10. The fourth-order valence-electron chi connectivity index (χ4n) is 3.11. The zero-order valence-electron chi connectivity index (χ0n) is 21.6. The highest BCUT2D eigenvalue weighted by Crippen LogP contribution is 2.48. The van der Waals surface area contributed by atoms with Gasteiger partial charge in [0.2, 0.25) is 11.4 Å². The van der Waals surface area contributed by atoms with Crippen molar-refractivity contribution in [2.75, 3.05) is 18.9 Å². The standard InChI is InChI=1S/C24H34N5O6P/c1-14(2)9-10-29-22-17(11-26-24(25)28-22)27-23(29)20-7-8-21(35-20)36(32,33-12-18(30)15(3)4)34-13-19(31)16(5)6/h7-8,11,14-16H,9-10,12-13H2,1-6H3,(H2,25,26,28). The Morgan fingerprint density at radius 2 is 1.64 bits per heavy atom. The van der Waals surface area contributed by atoms with E-state index in [9.17, 15) is 14.2 Å². The minimum atomic E-state index is -4.14. The van der Waals surface area contributed by atoms with Crippen LogP contribution < -0.4 is 11.2 Å². The summed E-state index contributed by atoms with van der Waals surface area (Å²) >= 11 is 0. The van der Waals surface area contributed by atoms with Crippen molar-refractivity contribution in [3.8, 4) is 11.6 Å². The van der Waals surface area contributed by atoms with Gasteiger partial charge in [0.05, 0.1) is 6.20 Å². The second-order valence-electron chi connectivity index (χ2n) is 9.63. The maximum Gasteiger partial charge on any atom is 0.397 e. The molecule has 196 valence electrons. The summed E-state index contributed by atoms with van der Waals surface area (Å²) < 4.78 is 32.5. The van der Waals surface area contributed by atoms with Crippen molar-refractivity contribution < 1.29 is 27.6 Å². The number of furan rings is 1. The Morgan fingerprint density at radius 3 is 2.19 bits per heavy atom. The first-order valence-electron chi connectivity index (χ1n) is 11.9. The van der Waals surface area contributed by atoms with Crippen LogP contribution in [0.4, 0.5) is 5.95 Å². The second kappa shape index (κ2) is 11.5. The Kier molecular flexibility index (Phi) is 8.81. The molecule has 36 heavy (non-hydrogen) atoms. The molecule has 0 radical (unpaired) electrons. The second-order valence-corrected chi connectivity index (χ2v) is 11.6. The van der Waals surface area contributed by atoms with Gasteiger partial charge in [-0.2, -0.15) is 4.98 Å². The number of carbonyl (C=O) groups excluding carboxylic acids is 2. The highest BCUT2D eigenvalue weighted by molar-refractivity contribution is 7.61. The molecule has 2 N–H and O–H groups in total. The number of nitrogen functional groups attached to an aromatic ring is 1. The van der Waals surface area contributed by atoms with Crippen molar-refractivity contribution in [2.24, 2.45) is 17.8 Å². The van der Waals surface area contributed by atoms with Crippen molar-refractivity contribution in [1.29, 1.82) is 0 Å². The summed E-state index contributed by atoms with van der Waals surface area (Å²) in [6.07, 6.45) is 2.37. The lowest BCUT2D eigenvalue weighted by Gasteiger charge is -2.17. The van der Waals surface area contributed by atoms with Gasteiger partial charge < -0.3 is 14.7 Å². The third-order valence-electron chi connectivity index (χ3n) is 5.56. The van der Waals surface area contributed by atoms with E-state index in [-0.39, 0.29) is 34.9 Å². The molecule has 0 atom stereocenters. The average Bonchev–Trinajstić information content (AvgIpc) is 3.44. The molecule has 0 fully saturated rings. The normalized spacial score (nSPS) is 12.4. The van der Waals surface area contributed by atoms with Crippen LogP contribution in [0.5, 0.6) is 0 Å². The van der Waals surface area contributed by atoms with E-state index < -0.39 is 20.8 Å². The molecule has 11 nitrogen and oxygen atoms in total. The number of fused-ring (bicyclic) bond motifs is 1. The number of rotatable bonds is 13. The van der Waals surface area contributed by atoms with Crippen LogP contribution in [0.2, 0.25) is 0 Å². The molecule has 0 aliphatic carbocycles. The Labute approximate surface area is 210 Å². The Bertz CT molecular complexity index is 1250. The largest absolute Gasteiger partial charge is 0.445 e. The van der Waals surface area contributed by atoms with Gasteiger partial charge in [-0.15, -0.1) is 0 Å². The van der Waals surface area contributed by atoms with Crippen molar-refractivity contribution in [2.45, 2.75) is 54.5 Å². The number of Topliss-reactive ketones (excluding diaryl/α,β-unsaturated/α-hetero) is 2. The van der Waals surface area contributed by atoms with Crippen LogP contribution in [0.3, 0.4) is 0 Å². The zero-order valence-corrected chi connectivity index (χ0v) is 22.4. The van der Waals surface area contributed by atoms with Crippen LogP contribution in [0.1, 0.15) is 48.0 Å². The molecular weight excluding hydrogens is 485 g/mol. The molecule has 12 heteroatoms. The summed E-state index contributed by atoms with van der Waals surface area (Å²) in [4.78, 5) is 37.3. The molecule has 3 aromatic heterocycles. The van der Waals surface area contributed by atoms with Crippen LogP contribution in [-0.4, -0.2) is 44.3 Å². The van der Waals surface area contributed by atoms with Gasteiger partial charge in [-0.1, -0.05) is 41.5 Å². The van der Waals surface area contributed by atoms with Crippen molar-refractivity contribution >= 4 is 41.8 Å². The number of aryl methyl sites for hydroxylation is 1. The zero-order chi connectivity index (χ0) is 26.6. The number of carbonyl (C=O) groups is 2. The number of nitrogens with zero attached hydrogens (tertiary/aromatic N) is 4. The molecule has 0 amide bonds. The van der Waals surface area contributed by atoms with E-state index in [0.29, 0.717) is 35.2 Å². The van der Waals surface area contributed by atoms with Crippen molar-refractivity contribution in [3.05, 3.63) is 18.3 Å². The molecule has 0 saturated carbocycles. The molecule has 3 aromatic rings. The van der Waals surface area contributed by atoms with Gasteiger partial charge in [0.15, 0.2) is 28.8 Å². The minimum absolute atomic E-state index is 0.121. The molecule has 0 unspecified atom stereocenters. The fraction of sp³-hybridized carbons (Fsp3) is 0.542. The van der Waals surface area contributed by atoms with E-state index in [1.54, 1.807) is 33.8 Å². The van der Waals surface area contributed by atoms with Gasteiger partial charge in [-0.25, -0.2) is 9.97 Å². The van der Waals surface area contributed by atoms with E-state index in [2.05, 4.69) is 28.8 Å². The topological polar surface area (TPSA) is 152 Å². The number of aromatic nitrogens is 4. The number of anilines is 1. The van der Waals surface area contributed by atoms with Gasteiger partial charge in [-0.3, -0.25) is 23.2 Å². The smallest absolute Gasteiger partial charge is 0.397 e. The summed E-state index contributed by atoms with van der Waals surface area (Å²) in [6, 6.07) is 3.04. The highest BCUT2D eigenvalue weighted by atomic mass is 31.2. The summed E-state index contributed by atoms with van der Waals surface area (Å²) in [5, 5.41) is 0. The molecule has 0 saturated heterocycles. The molecular formula is C24H34N5O6P. The van der Waals surface area contributed by atoms with Crippen LogP contribution in [0.25, 0.3) is 22.7 Å². The number of nitrogens with two attached hydrogens (primary N) is 1. The summed E-state index contributed by atoms with van der Waals surface area (Å²) in [6.45, 7) is 10.8. The van der Waals surface area contributed by atoms with E-state index in [0.717, 1.165) is 6.42 Å². The van der Waals surface area contributed by atoms with Crippen molar-refractivity contribution in [1.82, 2.24) is 19.5 Å². The quantitative estimate of drug-likeness (QED) is 0.328. The van der Waals surface area contributed by atoms with Gasteiger partial charge >= 0.3 is 7.60 Å². The van der Waals surface area contributed by atoms with Gasteiger partial charge in [-0.05, 0) is 24.5 Å². The molecule has 0 spiro atoms. The number of hydrogen-bond donors (Lipinski definition) is 1. The lowest BCUT2D eigenvalue weighted by molar-refractivity contribution is -0.124. The van der Waals surface area contributed by atoms with Crippen LogP contribution in [0, 0.1) is 17.8 Å². The number of imidazole rings is 1. The van der Waals surface area contributed by atoms with E-state index >= 15 is 0 Å². The first-order valence-corrected chi connectivity index (χ1v) is 13.5. The van der Waals surface area contributed by atoms with Crippen LogP contribution in [0.15, 0.2) is 22.7 Å². The number of ketones is 2. The van der Waals surface area contributed by atoms with E-state index in [1.807, 2.05) is 4.57 Å². The van der Waals surface area contributed by atoms with E-state index in [1.165, 1.54) is 12.3 Å². The third kappa shape index (κ3) is 6.46. The molecule has 0 aliphatic rings. The molecule has 0 bridgehead atoms. The monoisotopic (exact) mass is 519 g/mol. The van der Waals surface area contributed by atoms with Crippen LogP contribution >= 0.6 is 7.60 Å². The van der Waals surface area contributed by atoms with Gasteiger partial charge in [0.25, 0.3) is 0 Å². The molecule has 0 aliphatic heterocycles. The predicted molar refractivity (Wildman–Crippen MR) is 136 cm³/mol. The maximum atomic E-state index is 13.7. The minimum Gasteiger partial charge on any atom is -0.445 e. The van der Waals surface area contributed by atoms with Gasteiger partial charge in [0.1, 0.15) is 18.7 Å². The Balaban J connectivity index is 2.00. The lowest BCUT2D eigenvalue weighted by Crippen LogP contribution is -2.20. The molecule has 3 rings (SSSR count). The summed E-state index contributed by atoms with van der Waals surface area (Å²) in [5.41, 5.74) is 6.76. The van der Waals surface area contributed by atoms with Crippen molar-refractivity contribution in [3.63, 3.8) is 0 Å². The highest BCUT2D eigenvalue weighted by Gasteiger charge is 2.35. The summed E-state index contributed by atoms with van der Waals surface area (Å²) in [5.74, 6) is 0.119. The predicted octanol–water partition coefficient (Wildman–Crippen LogP) is 4.02. The first-order chi connectivity index (χ1) is 16.9. The average molecular weight is 520 g/mol. The fourth-order valence-corrected chi connectivity index (χ4v) is 4.50. The van der Waals surface area contributed by atoms with E-state index in [4.69, 9.17) is 19.2 Å². The Morgan fingerprint density at radius 1 is 1.03 bits per heavy atom. The molecule has 3 heterocycles. The Hall–Kier alpha value is -2.88.